The molecule has 0 bridgehead atoms. The van der Waals surface area contributed by atoms with Gasteiger partial charge < -0.3 is 10.3 Å². The van der Waals surface area contributed by atoms with Gasteiger partial charge in [0.05, 0.1) is 0 Å². The fourth-order valence-electron chi connectivity index (χ4n) is 3.00. The Morgan fingerprint density at radius 1 is 1.25 bits per heavy atom. The highest BCUT2D eigenvalue weighted by atomic mass is 14.9. The Bertz CT molecular complexity index is 519. The smallest absolute Gasteiger partial charge is 0.0482 e. The molecule has 0 unspecified atom stereocenters. The number of anilines is 1. The second-order valence-electron chi connectivity index (χ2n) is 4.95. The predicted octanol–water partition coefficient (Wildman–Crippen LogP) is 3.42. The summed E-state index contributed by atoms with van der Waals surface area (Å²) in [5.41, 5.74) is 9.57. The maximum Gasteiger partial charge on any atom is 0.0482 e. The Labute approximate surface area is 96.1 Å². The third-order valence-corrected chi connectivity index (χ3v) is 3.84. The zero-order valence-electron chi connectivity index (χ0n) is 9.74. The van der Waals surface area contributed by atoms with Gasteiger partial charge in [-0.1, -0.05) is 12.8 Å². The van der Waals surface area contributed by atoms with Gasteiger partial charge in [-0.15, -0.1) is 0 Å². The van der Waals surface area contributed by atoms with Crippen molar-refractivity contribution in [1.82, 2.24) is 4.57 Å². The summed E-state index contributed by atoms with van der Waals surface area (Å²) >= 11 is 0. The maximum absolute atomic E-state index is 5.89. The van der Waals surface area contributed by atoms with E-state index in [2.05, 4.69) is 29.9 Å². The number of aryl methyl sites for hydroxylation is 1. The van der Waals surface area contributed by atoms with E-state index in [0.717, 1.165) is 11.6 Å². The fourth-order valence-corrected chi connectivity index (χ4v) is 3.00. The van der Waals surface area contributed by atoms with Crippen molar-refractivity contribution in [2.24, 2.45) is 7.05 Å². The highest BCUT2D eigenvalue weighted by molar-refractivity contribution is 5.87. The molecule has 2 heteroatoms. The van der Waals surface area contributed by atoms with E-state index >= 15 is 0 Å². The highest BCUT2D eigenvalue weighted by Gasteiger charge is 2.20. The van der Waals surface area contributed by atoms with Gasteiger partial charge in [0.2, 0.25) is 0 Å². The van der Waals surface area contributed by atoms with Gasteiger partial charge in [0.25, 0.3) is 0 Å². The minimum atomic E-state index is 0.755. The van der Waals surface area contributed by atoms with Crippen LogP contribution in [0.3, 0.4) is 0 Å². The number of hydrogen-bond donors (Lipinski definition) is 1. The molecule has 1 saturated carbocycles. The third kappa shape index (κ3) is 1.41. The summed E-state index contributed by atoms with van der Waals surface area (Å²) in [5, 5.41) is 1.36. The molecule has 0 radical (unpaired) electrons. The van der Waals surface area contributed by atoms with Crippen LogP contribution >= 0.6 is 0 Å². The average molecular weight is 214 g/mol. The van der Waals surface area contributed by atoms with Crippen molar-refractivity contribution >= 4 is 16.6 Å². The van der Waals surface area contributed by atoms with E-state index in [4.69, 9.17) is 5.73 Å². The van der Waals surface area contributed by atoms with Crippen LogP contribution in [0.5, 0.6) is 0 Å². The number of nitrogen functional groups attached to an aromatic ring is 1. The van der Waals surface area contributed by atoms with Crippen LogP contribution in [0.4, 0.5) is 5.69 Å². The quantitative estimate of drug-likeness (QED) is 0.724. The molecule has 0 aliphatic heterocycles. The zero-order chi connectivity index (χ0) is 11.1. The van der Waals surface area contributed by atoms with Crippen molar-refractivity contribution in [3.8, 4) is 0 Å². The number of fused-ring (bicyclic) bond motifs is 1. The lowest BCUT2D eigenvalue weighted by Gasteiger charge is -2.07. The minimum absolute atomic E-state index is 0.755. The van der Waals surface area contributed by atoms with Crippen LogP contribution in [0.25, 0.3) is 10.9 Å². The molecule has 1 aromatic carbocycles. The van der Waals surface area contributed by atoms with Gasteiger partial charge in [-0.25, -0.2) is 0 Å². The molecule has 2 aromatic rings. The Balaban J connectivity index is 2.19. The first-order chi connectivity index (χ1) is 7.75. The summed E-state index contributed by atoms with van der Waals surface area (Å²) in [6.45, 7) is 0. The summed E-state index contributed by atoms with van der Waals surface area (Å²) in [5.74, 6) is 0.755. The van der Waals surface area contributed by atoms with E-state index in [1.807, 2.05) is 6.07 Å². The molecule has 0 atom stereocenters. The molecule has 84 valence electrons. The molecule has 0 saturated heterocycles. The molecule has 1 heterocycles. The fraction of sp³-hybridized carbons (Fsp3) is 0.429. The highest BCUT2D eigenvalue weighted by Crippen LogP contribution is 2.38. The van der Waals surface area contributed by atoms with Gasteiger partial charge in [-0.2, -0.15) is 0 Å². The van der Waals surface area contributed by atoms with E-state index < -0.39 is 0 Å². The van der Waals surface area contributed by atoms with Crippen molar-refractivity contribution in [1.29, 1.82) is 0 Å². The lowest BCUT2D eigenvalue weighted by molar-refractivity contribution is 0.724. The third-order valence-electron chi connectivity index (χ3n) is 3.84. The summed E-state index contributed by atoms with van der Waals surface area (Å²) in [4.78, 5) is 0. The molecular formula is C14H18N2. The Hall–Kier alpha value is -1.44. The van der Waals surface area contributed by atoms with Crippen LogP contribution < -0.4 is 5.73 Å². The van der Waals surface area contributed by atoms with Crippen LogP contribution in [0.15, 0.2) is 24.4 Å². The van der Waals surface area contributed by atoms with Crippen LogP contribution in [0.1, 0.15) is 37.2 Å². The van der Waals surface area contributed by atoms with E-state index in [9.17, 15) is 0 Å². The van der Waals surface area contributed by atoms with E-state index in [1.165, 1.54) is 42.1 Å². The Kier molecular flexibility index (Phi) is 2.16. The molecule has 1 fully saturated rings. The molecular weight excluding hydrogens is 196 g/mol. The van der Waals surface area contributed by atoms with Crippen LogP contribution in [-0.4, -0.2) is 4.57 Å². The van der Waals surface area contributed by atoms with Gasteiger partial charge in [0.15, 0.2) is 0 Å². The normalized spacial score (nSPS) is 17.3. The monoisotopic (exact) mass is 214 g/mol. The average Bonchev–Trinajstić information content (AvgIpc) is 2.86. The minimum Gasteiger partial charge on any atom is -0.399 e. The van der Waals surface area contributed by atoms with E-state index in [-0.39, 0.29) is 0 Å². The van der Waals surface area contributed by atoms with Crippen LogP contribution in [0, 0.1) is 0 Å². The van der Waals surface area contributed by atoms with E-state index in [0.29, 0.717) is 0 Å². The summed E-state index contributed by atoms with van der Waals surface area (Å²) < 4.78 is 2.22. The second-order valence-corrected chi connectivity index (χ2v) is 4.95. The Morgan fingerprint density at radius 2 is 2.00 bits per heavy atom. The van der Waals surface area contributed by atoms with E-state index in [1.54, 1.807) is 0 Å². The van der Waals surface area contributed by atoms with Crippen molar-refractivity contribution < 1.29 is 0 Å². The van der Waals surface area contributed by atoms with Crippen LogP contribution in [-0.2, 0) is 7.05 Å². The first-order valence-corrected chi connectivity index (χ1v) is 6.10. The molecule has 0 spiro atoms. The molecule has 1 aliphatic rings. The molecule has 16 heavy (non-hydrogen) atoms. The largest absolute Gasteiger partial charge is 0.399 e. The van der Waals surface area contributed by atoms with Gasteiger partial charge >= 0.3 is 0 Å². The summed E-state index contributed by atoms with van der Waals surface area (Å²) in [6, 6.07) is 6.24. The van der Waals surface area contributed by atoms with Crippen molar-refractivity contribution in [2.75, 3.05) is 5.73 Å². The van der Waals surface area contributed by atoms with Crippen LogP contribution in [0.2, 0.25) is 0 Å². The van der Waals surface area contributed by atoms with Gasteiger partial charge in [0.1, 0.15) is 0 Å². The first-order valence-electron chi connectivity index (χ1n) is 6.10. The zero-order valence-corrected chi connectivity index (χ0v) is 9.74. The van der Waals surface area contributed by atoms with Gasteiger partial charge in [0, 0.05) is 29.8 Å². The predicted molar refractivity (Wildman–Crippen MR) is 68.5 cm³/mol. The van der Waals surface area contributed by atoms with Crippen molar-refractivity contribution in [2.45, 2.75) is 31.6 Å². The number of nitrogens with two attached hydrogens (primary N) is 1. The number of aromatic nitrogens is 1. The SMILES string of the molecule is Cn1cc(C2CCCC2)c2cc(N)ccc21. The maximum atomic E-state index is 5.89. The summed E-state index contributed by atoms with van der Waals surface area (Å²) in [7, 11) is 2.12. The van der Waals surface area contributed by atoms with Crippen molar-refractivity contribution in [3.63, 3.8) is 0 Å². The topological polar surface area (TPSA) is 30.9 Å². The molecule has 0 amide bonds. The molecule has 1 aromatic heterocycles. The summed E-state index contributed by atoms with van der Waals surface area (Å²) in [6.07, 6.45) is 7.73. The second kappa shape index (κ2) is 3.55. The molecule has 3 rings (SSSR count). The Morgan fingerprint density at radius 3 is 2.75 bits per heavy atom. The lowest BCUT2D eigenvalue weighted by Crippen LogP contribution is -1.90. The molecule has 2 N–H and O–H groups in total. The number of hydrogen-bond acceptors (Lipinski definition) is 1. The molecule has 2 nitrogen and oxygen atoms in total. The first kappa shape index (κ1) is 9.76. The number of nitrogens with zero attached hydrogens (tertiary/aromatic N) is 1. The molecule has 1 aliphatic carbocycles. The van der Waals surface area contributed by atoms with Gasteiger partial charge in [-0.05, 0) is 42.5 Å². The van der Waals surface area contributed by atoms with Gasteiger partial charge in [-0.3, -0.25) is 0 Å². The number of rotatable bonds is 1. The standard InChI is InChI=1S/C14H18N2/c1-16-9-13(10-4-2-3-5-10)12-8-11(15)6-7-14(12)16/h6-10H,2-5,15H2,1H3. The lowest BCUT2D eigenvalue weighted by atomic mass is 9.97. The number of benzene rings is 1. The van der Waals surface area contributed by atoms with Crippen molar-refractivity contribution in [3.05, 3.63) is 30.0 Å².